The Balaban J connectivity index is 2.29. The summed E-state index contributed by atoms with van der Waals surface area (Å²) in [6.45, 7) is 0. The number of aliphatic hydroxyl groups is 1. The highest BCUT2D eigenvalue weighted by molar-refractivity contribution is 5.12. The third kappa shape index (κ3) is 2.13. The molecule has 0 spiro atoms. The van der Waals surface area contributed by atoms with E-state index in [0.717, 1.165) is 19.3 Å². The number of nitrogens with zero attached hydrogens (tertiary/aromatic N) is 2. The van der Waals surface area contributed by atoms with Gasteiger partial charge in [0.1, 0.15) is 5.72 Å². The third-order valence-corrected chi connectivity index (χ3v) is 2.93. The second-order valence-electron chi connectivity index (χ2n) is 4.04. The number of hydrogen-bond donors (Lipinski definition) is 2. The predicted octanol–water partition coefficient (Wildman–Crippen LogP) is 0.921. The Morgan fingerprint density at radius 2 is 2.33 bits per heavy atom. The van der Waals surface area contributed by atoms with Gasteiger partial charge in [-0.05, 0) is 25.3 Å². The van der Waals surface area contributed by atoms with Crippen LogP contribution >= 0.6 is 0 Å². The van der Waals surface area contributed by atoms with Crippen molar-refractivity contribution in [2.45, 2.75) is 37.3 Å². The summed E-state index contributed by atoms with van der Waals surface area (Å²) in [5.74, 6) is -0.288. The van der Waals surface area contributed by atoms with Gasteiger partial charge in [-0.15, -0.1) is 0 Å². The number of nitrogens with two attached hydrogens (primary N) is 1. The molecule has 5 heteroatoms. The minimum Gasteiger partial charge on any atom is -0.375 e. The number of halogens is 1. The van der Waals surface area contributed by atoms with Crippen LogP contribution in [0.15, 0.2) is 12.3 Å². The Morgan fingerprint density at radius 3 is 3.00 bits per heavy atom. The quantitative estimate of drug-likeness (QED) is 0.535. The Labute approximate surface area is 87.4 Å². The van der Waals surface area contributed by atoms with Crippen LogP contribution in [0.1, 0.15) is 37.3 Å². The first-order valence-corrected chi connectivity index (χ1v) is 5.09. The van der Waals surface area contributed by atoms with Gasteiger partial charge in [-0.2, -0.15) is 4.39 Å². The fourth-order valence-corrected chi connectivity index (χ4v) is 2.13. The molecule has 0 aromatic carbocycles. The van der Waals surface area contributed by atoms with E-state index in [4.69, 9.17) is 5.73 Å². The van der Waals surface area contributed by atoms with Gasteiger partial charge in [-0.25, -0.2) is 9.97 Å². The van der Waals surface area contributed by atoms with Gasteiger partial charge < -0.3 is 10.8 Å². The van der Waals surface area contributed by atoms with Crippen LogP contribution in [-0.4, -0.2) is 20.8 Å². The van der Waals surface area contributed by atoms with Crippen LogP contribution in [0.5, 0.6) is 0 Å². The largest absolute Gasteiger partial charge is 0.375 e. The zero-order valence-electron chi connectivity index (χ0n) is 8.36. The zero-order valence-corrected chi connectivity index (χ0v) is 8.36. The fourth-order valence-electron chi connectivity index (χ4n) is 2.13. The van der Waals surface area contributed by atoms with Crippen LogP contribution in [0.25, 0.3) is 0 Å². The second kappa shape index (κ2) is 3.83. The number of hydrogen-bond acceptors (Lipinski definition) is 4. The molecule has 1 heterocycles. The molecule has 4 nitrogen and oxygen atoms in total. The first kappa shape index (κ1) is 10.4. The lowest BCUT2D eigenvalue weighted by atomic mass is 9.80. The molecule has 0 saturated heterocycles. The predicted molar refractivity (Wildman–Crippen MR) is 52.3 cm³/mol. The molecule has 3 N–H and O–H groups in total. The molecule has 1 aromatic rings. The maximum Gasteiger partial charge on any atom is 0.308 e. The van der Waals surface area contributed by atoms with Crippen molar-refractivity contribution in [3.05, 3.63) is 24.0 Å². The van der Waals surface area contributed by atoms with Crippen LogP contribution in [0.2, 0.25) is 0 Å². The molecule has 2 atom stereocenters. The summed E-state index contributed by atoms with van der Waals surface area (Å²) in [6.07, 6.45) is 3.73. The molecular weight excluding hydrogens is 197 g/mol. The molecular formula is C10H14FN3O. The SMILES string of the molecule is NC1(O)CCCCC1c1ccnc(F)n1. The summed E-state index contributed by atoms with van der Waals surface area (Å²) in [7, 11) is 0. The Hall–Kier alpha value is -1.07. The van der Waals surface area contributed by atoms with Crippen molar-refractivity contribution in [1.82, 2.24) is 9.97 Å². The van der Waals surface area contributed by atoms with Gasteiger partial charge in [0.2, 0.25) is 0 Å². The molecule has 1 aromatic heterocycles. The lowest BCUT2D eigenvalue weighted by Gasteiger charge is -2.36. The first-order chi connectivity index (χ1) is 7.09. The third-order valence-electron chi connectivity index (χ3n) is 2.93. The molecule has 1 aliphatic carbocycles. The number of aromatic nitrogens is 2. The molecule has 0 aliphatic heterocycles. The molecule has 1 aliphatic rings. The monoisotopic (exact) mass is 211 g/mol. The highest BCUT2D eigenvalue weighted by atomic mass is 19.1. The summed E-state index contributed by atoms with van der Waals surface area (Å²) in [6, 6.07) is 1.61. The molecule has 2 rings (SSSR count). The van der Waals surface area contributed by atoms with E-state index < -0.39 is 11.8 Å². The van der Waals surface area contributed by atoms with E-state index in [1.54, 1.807) is 6.07 Å². The normalized spacial score (nSPS) is 31.5. The average Bonchev–Trinajstić information content (AvgIpc) is 2.17. The van der Waals surface area contributed by atoms with Crippen LogP contribution in [0, 0.1) is 6.08 Å². The van der Waals surface area contributed by atoms with Crippen LogP contribution < -0.4 is 5.73 Å². The highest BCUT2D eigenvalue weighted by Gasteiger charge is 2.37. The lowest BCUT2D eigenvalue weighted by molar-refractivity contribution is -0.0127. The summed E-state index contributed by atoms with van der Waals surface area (Å²) >= 11 is 0. The molecule has 15 heavy (non-hydrogen) atoms. The maximum atomic E-state index is 12.8. The van der Waals surface area contributed by atoms with Gasteiger partial charge in [0, 0.05) is 12.1 Å². The van der Waals surface area contributed by atoms with Gasteiger partial charge in [0.15, 0.2) is 0 Å². The van der Waals surface area contributed by atoms with E-state index in [2.05, 4.69) is 9.97 Å². The van der Waals surface area contributed by atoms with Crippen molar-refractivity contribution in [2.24, 2.45) is 5.73 Å². The number of rotatable bonds is 1. The van der Waals surface area contributed by atoms with Gasteiger partial charge in [-0.1, -0.05) is 6.42 Å². The van der Waals surface area contributed by atoms with Gasteiger partial charge in [-0.3, -0.25) is 0 Å². The van der Waals surface area contributed by atoms with Crippen molar-refractivity contribution in [3.63, 3.8) is 0 Å². The Bertz CT molecular complexity index is 356. The van der Waals surface area contributed by atoms with Gasteiger partial charge >= 0.3 is 6.08 Å². The first-order valence-electron chi connectivity index (χ1n) is 5.09. The molecule has 0 amide bonds. The highest BCUT2D eigenvalue weighted by Crippen LogP contribution is 2.36. The molecule has 1 fully saturated rings. The van der Waals surface area contributed by atoms with E-state index in [9.17, 15) is 9.50 Å². The van der Waals surface area contributed by atoms with Gasteiger partial charge in [0.05, 0.1) is 5.69 Å². The minimum absolute atomic E-state index is 0.288. The van der Waals surface area contributed by atoms with Crippen molar-refractivity contribution < 1.29 is 9.50 Å². The van der Waals surface area contributed by atoms with Gasteiger partial charge in [0.25, 0.3) is 0 Å². The van der Waals surface area contributed by atoms with E-state index in [1.807, 2.05) is 0 Å². The molecule has 1 saturated carbocycles. The van der Waals surface area contributed by atoms with E-state index in [0.29, 0.717) is 12.1 Å². The Morgan fingerprint density at radius 1 is 1.53 bits per heavy atom. The van der Waals surface area contributed by atoms with Crippen molar-refractivity contribution >= 4 is 0 Å². The van der Waals surface area contributed by atoms with Crippen LogP contribution in [0.3, 0.4) is 0 Å². The summed E-state index contributed by atoms with van der Waals surface area (Å²) in [5, 5.41) is 9.97. The van der Waals surface area contributed by atoms with Crippen LogP contribution in [-0.2, 0) is 0 Å². The molecule has 82 valence electrons. The standard InChI is InChI=1S/C10H14FN3O/c11-9-13-6-4-8(14-9)7-3-1-2-5-10(7,12)15/h4,6-7,15H,1-3,5,12H2. The lowest BCUT2D eigenvalue weighted by Crippen LogP contribution is -2.47. The van der Waals surface area contributed by atoms with Crippen LogP contribution in [0.4, 0.5) is 4.39 Å². The summed E-state index contributed by atoms with van der Waals surface area (Å²) in [5.41, 5.74) is 5.00. The van der Waals surface area contributed by atoms with E-state index in [1.165, 1.54) is 6.20 Å². The average molecular weight is 211 g/mol. The maximum absolute atomic E-state index is 12.8. The summed E-state index contributed by atoms with van der Waals surface area (Å²) < 4.78 is 12.8. The molecule has 0 bridgehead atoms. The van der Waals surface area contributed by atoms with E-state index in [-0.39, 0.29) is 5.92 Å². The van der Waals surface area contributed by atoms with Crippen molar-refractivity contribution in [3.8, 4) is 0 Å². The fraction of sp³-hybridized carbons (Fsp3) is 0.600. The van der Waals surface area contributed by atoms with Crippen molar-refractivity contribution in [2.75, 3.05) is 0 Å². The molecule has 0 radical (unpaired) electrons. The van der Waals surface area contributed by atoms with E-state index >= 15 is 0 Å². The zero-order chi connectivity index (χ0) is 10.9. The topological polar surface area (TPSA) is 72.0 Å². The smallest absolute Gasteiger partial charge is 0.308 e. The Kier molecular flexibility index (Phi) is 2.67. The second-order valence-corrected chi connectivity index (χ2v) is 4.04. The summed E-state index contributed by atoms with van der Waals surface area (Å²) in [4.78, 5) is 7.06. The minimum atomic E-state index is -1.26. The molecule has 2 unspecified atom stereocenters. The van der Waals surface area contributed by atoms with Crippen molar-refractivity contribution in [1.29, 1.82) is 0 Å².